The van der Waals surface area contributed by atoms with Crippen molar-refractivity contribution >= 4 is 18.3 Å². The van der Waals surface area contributed by atoms with Crippen molar-refractivity contribution in [3.8, 4) is 11.4 Å². The Labute approximate surface area is 169 Å². The molecule has 1 aliphatic heterocycles. The first kappa shape index (κ1) is 20.0. The van der Waals surface area contributed by atoms with Crippen LogP contribution in [0.25, 0.3) is 11.4 Å². The number of carbonyl (C=O) groups is 1. The van der Waals surface area contributed by atoms with Crippen molar-refractivity contribution in [3.05, 3.63) is 66.2 Å². The third kappa shape index (κ3) is 3.90. The Balaban J connectivity index is 0.00000225. The average molecular weight is 399 g/mol. The molecule has 0 radical (unpaired) electrons. The molecule has 3 aromatic rings. The summed E-state index contributed by atoms with van der Waals surface area (Å²) in [6.45, 7) is 2.93. The van der Waals surface area contributed by atoms with Crippen LogP contribution in [-0.2, 0) is 4.79 Å². The molecule has 2 N–H and O–H groups in total. The molecule has 1 aromatic heterocycles. The molecule has 2 aromatic carbocycles. The highest BCUT2D eigenvalue weighted by atomic mass is 35.5. The molecule has 146 valence electrons. The second-order valence-corrected chi connectivity index (χ2v) is 6.90. The van der Waals surface area contributed by atoms with Crippen LogP contribution in [0.2, 0.25) is 0 Å². The zero-order valence-corrected chi connectivity index (χ0v) is 16.4. The minimum Gasteiger partial charge on any atom is -0.339 e. The maximum absolute atomic E-state index is 13.0. The molecular weight excluding hydrogens is 376 g/mol. The van der Waals surface area contributed by atoms with Gasteiger partial charge in [0.25, 0.3) is 0 Å². The topological polar surface area (TPSA) is 89.9 Å². The third-order valence-corrected chi connectivity index (χ3v) is 5.07. The van der Waals surface area contributed by atoms with Gasteiger partial charge in [-0.3, -0.25) is 4.79 Å². The fourth-order valence-corrected chi connectivity index (χ4v) is 3.52. The molecule has 3 atom stereocenters. The number of likely N-dealkylation sites (tertiary alicyclic amines) is 1. The van der Waals surface area contributed by atoms with Crippen molar-refractivity contribution in [3.63, 3.8) is 0 Å². The van der Waals surface area contributed by atoms with E-state index in [1.54, 1.807) is 11.8 Å². The largest absolute Gasteiger partial charge is 0.339 e. The number of nitrogens with zero attached hydrogens (tertiary/aromatic N) is 5. The average Bonchev–Trinajstić information content (AvgIpc) is 3.35. The molecule has 4 rings (SSSR count). The van der Waals surface area contributed by atoms with Crippen LogP contribution in [0.3, 0.4) is 0 Å². The van der Waals surface area contributed by atoms with E-state index in [0.717, 1.165) is 11.1 Å². The van der Waals surface area contributed by atoms with Crippen LogP contribution in [0.5, 0.6) is 0 Å². The molecule has 7 nitrogen and oxygen atoms in total. The molecule has 0 bridgehead atoms. The van der Waals surface area contributed by atoms with Gasteiger partial charge in [0.1, 0.15) is 6.04 Å². The van der Waals surface area contributed by atoms with E-state index in [0.29, 0.717) is 18.9 Å². The number of tetrazole rings is 1. The van der Waals surface area contributed by atoms with E-state index in [9.17, 15) is 4.79 Å². The first-order valence-electron chi connectivity index (χ1n) is 9.07. The standard InChI is InChI=1S/C20H22N6O.ClH/c1-14(26-23-19(22-24-26)16-10-6-3-7-11-16)20(27)25-12-17(18(21)13-25)15-8-4-2-5-9-15;/h2-11,14,17-18H,12-13,21H2,1H3;1H/t14?,17-,18+;/m0./s1. The van der Waals surface area contributed by atoms with Crippen molar-refractivity contribution in [2.75, 3.05) is 13.1 Å². The Hall–Kier alpha value is -2.77. The quantitative estimate of drug-likeness (QED) is 0.728. The molecule has 1 fully saturated rings. The van der Waals surface area contributed by atoms with E-state index in [1.807, 2.05) is 48.5 Å². The maximum Gasteiger partial charge on any atom is 0.249 e. The van der Waals surface area contributed by atoms with Crippen LogP contribution >= 0.6 is 12.4 Å². The molecule has 8 heteroatoms. The lowest BCUT2D eigenvalue weighted by Crippen LogP contribution is -2.37. The molecule has 1 unspecified atom stereocenters. The Morgan fingerprint density at radius 3 is 2.39 bits per heavy atom. The first-order chi connectivity index (χ1) is 13.1. The van der Waals surface area contributed by atoms with Gasteiger partial charge < -0.3 is 10.6 Å². The molecule has 1 saturated heterocycles. The monoisotopic (exact) mass is 398 g/mol. The SMILES string of the molecule is CC(C(=O)N1C[C@@H](N)[C@H](c2ccccc2)C1)n1nnc(-c2ccccc2)n1.Cl. The zero-order chi connectivity index (χ0) is 18.8. The van der Waals surface area contributed by atoms with Gasteiger partial charge in [-0.05, 0) is 17.7 Å². The van der Waals surface area contributed by atoms with Gasteiger partial charge in [0, 0.05) is 30.6 Å². The highest BCUT2D eigenvalue weighted by molar-refractivity contribution is 5.85. The second-order valence-electron chi connectivity index (χ2n) is 6.90. The van der Waals surface area contributed by atoms with E-state index in [1.165, 1.54) is 4.80 Å². The summed E-state index contributed by atoms with van der Waals surface area (Å²) >= 11 is 0. The lowest BCUT2D eigenvalue weighted by Gasteiger charge is -2.20. The summed E-state index contributed by atoms with van der Waals surface area (Å²) < 4.78 is 0. The van der Waals surface area contributed by atoms with Gasteiger partial charge in [-0.2, -0.15) is 4.80 Å². The molecule has 0 saturated carbocycles. The predicted octanol–water partition coefficient (Wildman–Crippen LogP) is 2.28. The first-order valence-corrected chi connectivity index (χ1v) is 9.07. The van der Waals surface area contributed by atoms with Gasteiger partial charge in [-0.15, -0.1) is 22.6 Å². The number of nitrogens with two attached hydrogens (primary N) is 1. The fraction of sp³-hybridized carbons (Fsp3) is 0.300. The van der Waals surface area contributed by atoms with Crippen molar-refractivity contribution in [1.29, 1.82) is 0 Å². The Morgan fingerprint density at radius 2 is 1.71 bits per heavy atom. The van der Waals surface area contributed by atoms with Gasteiger partial charge in [-0.1, -0.05) is 60.7 Å². The summed E-state index contributed by atoms with van der Waals surface area (Å²) in [5.41, 5.74) is 8.35. The molecule has 1 aliphatic rings. The minimum atomic E-state index is -0.531. The summed E-state index contributed by atoms with van der Waals surface area (Å²) in [6, 6.07) is 19.1. The highest BCUT2D eigenvalue weighted by Crippen LogP contribution is 2.27. The van der Waals surface area contributed by atoms with Gasteiger partial charge in [0.15, 0.2) is 0 Å². The molecule has 0 aliphatic carbocycles. The van der Waals surface area contributed by atoms with Crippen LogP contribution in [-0.4, -0.2) is 50.1 Å². The predicted molar refractivity (Wildman–Crippen MR) is 109 cm³/mol. The number of hydrogen-bond donors (Lipinski definition) is 1. The highest BCUT2D eigenvalue weighted by Gasteiger charge is 2.36. The van der Waals surface area contributed by atoms with Crippen LogP contribution in [0.15, 0.2) is 60.7 Å². The van der Waals surface area contributed by atoms with Crippen LogP contribution < -0.4 is 5.73 Å². The van der Waals surface area contributed by atoms with Crippen LogP contribution in [0, 0.1) is 0 Å². The van der Waals surface area contributed by atoms with E-state index in [2.05, 4.69) is 27.5 Å². The molecule has 1 amide bonds. The van der Waals surface area contributed by atoms with Crippen molar-refractivity contribution < 1.29 is 4.79 Å². The number of benzene rings is 2. The van der Waals surface area contributed by atoms with Crippen molar-refractivity contribution in [2.24, 2.45) is 5.73 Å². The minimum absolute atomic E-state index is 0. The third-order valence-electron chi connectivity index (χ3n) is 5.07. The number of rotatable bonds is 4. The fourth-order valence-electron chi connectivity index (χ4n) is 3.52. The number of halogens is 1. The molecular formula is C20H23ClN6O. The summed E-state index contributed by atoms with van der Waals surface area (Å²) in [6.07, 6.45) is 0. The van der Waals surface area contributed by atoms with Gasteiger partial charge in [0.2, 0.25) is 11.7 Å². The van der Waals surface area contributed by atoms with Crippen molar-refractivity contribution in [2.45, 2.75) is 24.9 Å². The second kappa shape index (κ2) is 8.50. The van der Waals surface area contributed by atoms with E-state index in [-0.39, 0.29) is 30.3 Å². The van der Waals surface area contributed by atoms with Gasteiger partial charge >= 0.3 is 0 Å². The lowest BCUT2D eigenvalue weighted by atomic mass is 9.95. The summed E-state index contributed by atoms with van der Waals surface area (Å²) in [5, 5.41) is 12.5. The van der Waals surface area contributed by atoms with Gasteiger partial charge in [0.05, 0.1) is 0 Å². The molecule has 28 heavy (non-hydrogen) atoms. The van der Waals surface area contributed by atoms with Crippen LogP contribution in [0.1, 0.15) is 24.4 Å². The Kier molecular flexibility index (Phi) is 6.06. The normalized spacial score (nSPS) is 19.9. The number of amides is 1. The number of carbonyl (C=O) groups excluding carboxylic acids is 1. The Bertz CT molecular complexity index is 917. The number of hydrogen-bond acceptors (Lipinski definition) is 5. The van der Waals surface area contributed by atoms with E-state index < -0.39 is 6.04 Å². The summed E-state index contributed by atoms with van der Waals surface area (Å²) in [7, 11) is 0. The molecule has 2 heterocycles. The summed E-state index contributed by atoms with van der Waals surface area (Å²) in [4.78, 5) is 16.1. The van der Waals surface area contributed by atoms with Gasteiger partial charge in [-0.25, -0.2) is 0 Å². The zero-order valence-electron chi connectivity index (χ0n) is 15.5. The lowest BCUT2D eigenvalue weighted by molar-refractivity contribution is -0.133. The smallest absolute Gasteiger partial charge is 0.249 e. The van der Waals surface area contributed by atoms with Crippen molar-refractivity contribution in [1.82, 2.24) is 25.1 Å². The Morgan fingerprint density at radius 1 is 1.07 bits per heavy atom. The van der Waals surface area contributed by atoms with Crippen LogP contribution in [0.4, 0.5) is 0 Å². The van der Waals surface area contributed by atoms with E-state index >= 15 is 0 Å². The number of aromatic nitrogens is 4. The van der Waals surface area contributed by atoms with E-state index in [4.69, 9.17) is 5.73 Å². The maximum atomic E-state index is 13.0. The summed E-state index contributed by atoms with van der Waals surface area (Å²) in [5.74, 6) is 0.613. The molecule has 0 spiro atoms.